The highest BCUT2D eigenvalue weighted by molar-refractivity contribution is 5.95. The third kappa shape index (κ3) is 8.83. The highest BCUT2D eigenvalue weighted by atomic mass is 15.0. The molecule has 0 aliphatic carbocycles. The van der Waals surface area contributed by atoms with Crippen molar-refractivity contribution >= 4 is 0 Å². The zero-order valence-electron chi connectivity index (χ0n) is 37.9. The molecule has 11 rings (SSSR count). The molecule has 0 unspecified atom stereocenters. The Hall–Kier alpha value is -8.73. The van der Waals surface area contributed by atoms with E-state index in [9.17, 15) is 0 Å². The van der Waals surface area contributed by atoms with Gasteiger partial charge >= 0.3 is 0 Å². The maximum Gasteiger partial charge on any atom is 0.139 e. The number of aryl methyl sites for hydroxylation is 3. The highest BCUT2D eigenvalue weighted by Gasteiger charge is 2.18. The molecule has 4 nitrogen and oxygen atoms in total. The predicted molar refractivity (Wildman–Crippen MR) is 282 cm³/mol. The number of pyridine rings is 2. The van der Waals surface area contributed by atoms with E-state index >= 15 is 0 Å². The van der Waals surface area contributed by atoms with Crippen molar-refractivity contribution in [1.82, 2.24) is 19.5 Å². The molecule has 68 heavy (non-hydrogen) atoms. The van der Waals surface area contributed by atoms with E-state index in [4.69, 9.17) is 4.98 Å². The summed E-state index contributed by atoms with van der Waals surface area (Å²) in [5.74, 6) is 0.969. The molecule has 0 amide bonds. The second kappa shape index (κ2) is 19.0. The van der Waals surface area contributed by atoms with Gasteiger partial charge in [-0.2, -0.15) is 0 Å². The number of hydrogen-bond donors (Lipinski definition) is 0. The van der Waals surface area contributed by atoms with Gasteiger partial charge in [-0.15, -0.1) is 0 Å². The first-order chi connectivity index (χ1) is 33.6. The smallest absolute Gasteiger partial charge is 0.139 e. The average Bonchev–Trinajstić information content (AvgIpc) is 3.86. The summed E-state index contributed by atoms with van der Waals surface area (Å²) in [5, 5.41) is 0. The van der Waals surface area contributed by atoms with Crippen LogP contribution in [0.15, 0.2) is 249 Å². The zero-order valence-corrected chi connectivity index (χ0v) is 37.9. The van der Waals surface area contributed by atoms with Crippen LogP contribution in [-0.2, 0) is 19.9 Å². The molecule has 3 aromatic heterocycles. The Bertz CT molecular complexity index is 3470. The third-order valence-electron chi connectivity index (χ3n) is 12.9. The molecule has 11 aromatic rings. The monoisotopic (exact) mass is 872 g/mol. The Morgan fingerprint density at radius 3 is 1.38 bits per heavy atom. The van der Waals surface area contributed by atoms with Crippen LogP contribution in [0.1, 0.15) is 11.1 Å². The standard InChI is InChI=1S/C64H48N4/c1-68-40-39-67-64(68)52-25-23-45(24-26-52)21-22-46-41-54(57-16-6-5-15-56(57)49-31-33-51(34-32-49)62-19-9-11-37-65-62)43-55(42-46)58-17-7-8-18-59(58)60-36-35-53(63-20-10-12-38-66-63)44-61(60)50-29-27-48(28-30-50)47-13-3-2-4-14-47/h2-20,23-44H,21-22H2,1H3. The van der Waals surface area contributed by atoms with Crippen LogP contribution in [0.25, 0.3) is 101 Å². The van der Waals surface area contributed by atoms with E-state index in [2.05, 4.69) is 221 Å². The van der Waals surface area contributed by atoms with E-state index in [1.165, 1.54) is 61.2 Å². The Kier molecular flexibility index (Phi) is 11.7. The molecular weight excluding hydrogens is 825 g/mol. The fourth-order valence-electron chi connectivity index (χ4n) is 9.39. The van der Waals surface area contributed by atoms with E-state index in [0.717, 1.165) is 63.4 Å². The molecule has 0 N–H and O–H groups in total. The summed E-state index contributed by atoms with van der Waals surface area (Å²) in [5.41, 5.74) is 21.9. The van der Waals surface area contributed by atoms with Gasteiger partial charge in [0.1, 0.15) is 5.82 Å². The first kappa shape index (κ1) is 41.9. The molecule has 0 saturated heterocycles. The van der Waals surface area contributed by atoms with Crippen molar-refractivity contribution in [3.8, 4) is 101 Å². The Morgan fingerprint density at radius 2 is 0.765 bits per heavy atom. The normalized spacial score (nSPS) is 11.1. The molecule has 0 saturated carbocycles. The summed E-state index contributed by atoms with van der Waals surface area (Å²) in [6.45, 7) is 0. The number of benzene rings is 8. The van der Waals surface area contributed by atoms with E-state index in [0.29, 0.717) is 0 Å². The summed E-state index contributed by atoms with van der Waals surface area (Å²) in [6.07, 6.45) is 9.33. The van der Waals surface area contributed by atoms with Crippen molar-refractivity contribution in [3.63, 3.8) is 0 Å². The molecule has 8 aromatic carbocycles. The van der Waals surface area contributed by atoms with Gasteiger partial charge in [0.25, 0.3) is 0 Å². The lowest BCUT2D eigenvalue weighted by Crippen LogP contribution is -1.96. The average molecular weight is 873 g/mol. The number of aromatic nitrogens is 4. The highest BCUT2D eigenvalue weighted by Crippen LogP contribution is 2.43. The number of nitrogens with zero attached hydrogens (tertiary/aromatic N) is 4. The van der Waals surface area contributed by atoms with Crippen LogP contribution in [0.4, 0.5) is 0 Å². The van der Waals surface area contributed by atoms with Crippen LogP contribution in [0, 0.1) is 0 Å². The second-order valence-corrected chi connectivity index (χ2v) is 17.3. The maximum absolute atomic E-state index is 4.75. The molecule has 0 fully saturated rings. The molecule has 0 aliphatic heterocycles. The third-order valence-corrected chi connectivity index (χ3v) is 12.9. The van der Waals surface area contributed by atoms with Crippen LogP contribution in [0.2, 0.25) is 0 Å². The van der Waals surface area contributed by atoms with Gasteiger partial charge in [-0.25, -0.2) is 4.98 Å². The summed E-state index contributed by atoms with van der Waals surface area (Å²) >= 11 is 0. The van der Waals surface area contributed by atoms with Gasteiger partial charge in [-0.3, -0.25) is 9.97 Å². The van der Waals surface area contributed by atoms with Crippen LogP contribution >= 0.6 is 0 Å². The summed E-state index contributed by atoms with van der Waals surface area (Å²) in [6, 6.07) is 81.1. The molecular formula is C64H48N4. The summed E-state index contributed by atoms with van der Waals surface area (Å²) in [4.78, 5) is 13.9. The summed E-state index contributed by atoms with van der Waals surface area (Å²) < 4.78 is 2.06. The van der Waals surface area contributed by atoms with Gasteiger partial charge in [0.15, 0.2) is 0 Å². The van der Waals surface area contributed by atoms with E-state index < -0.39 is 0 Å². The molecule has 0 aliphatic rings. The SMILES string of the molecule is Cn1ccnc1-c1ccc(CCc2cc(-c3ccccc3-c3ccc(-c4ccccn4)cc3)cc(-c3ccccc3-c3ccc(-c4ccccn4)cc3-c3ccc(-c4ccccc4)cc3)c2)cc1. The lowest BCUT2D eigenvalue weighted by atomic mass is 9.85. The van der Waals surface area contributed by atoms with Crippen LogP contribution in [-0.4, -0.2) is 19.5 Å². The largest absolute Gasteiger partial charge is 0.334 e. The lowest BCUT2D eigenvalue weighted by Gasteiger charge is -2.19. The van der Waals surface area contributed by atoms with Crippen molar-refractivity contribution < 1.29 is 0 Å². The second-order valence-electron chi connectivity index (χ2n) is 17.3. The van der Waals surface area contributed by atoms with Crippen molar-refractivity contribution in [2.75, 3.05) is 0 Å². The summed E-state index contributed by atoms with van der Waals surface area (Å²) in [7, 11) is 2.04. The van der Waals surface area contributed by atoms with Crippen LogP contribution in [0.5, 0.6) is 0 Å². The molecule has 0 radical (unpaired) electrons. The van der Waals surface area contributed by atoms with Crippen molar-refractivity contribution in [1.29, 1.82) is 0 Å². The fraction of sp³-hybridized carbons (Fsp3) is 0.0469. The van der Waals surface area contributed by atoms with Crippen molar-refractivity contribution in [2.45, 2.75) is 12.8 Å². The maximum atomic E-state index is 4.75. The van der Waals surface area contributed by atoms with Crippen LogP contribution < -0.4 is 0 Å². The van der Waals surface area contributed by atoms with Gasteiger partial charge in [-0.05, 0) is 127 Å². The minimum atomic E-state index is 0.878. The van der Waals surface area contributed by atoms with Crippen LogP contribution in [0.3, 0.4) is 0 Å². The zero-order chi connectivity index (χ0) is 45.7. The molecule has 0 atom stereocenters. The number of hydrogen-bond acceptors (Lipinski definition) is 3. The van der Waals surface area contributed by atoms with Gasteiger partial charge in [-0.1, -0.05) is 188 Å². The number of imidazole rings is 1. The van der Waals surface area contributed by atoms with Gasteiger partial charge in [0, 0.05) is 48.5 Å². The molecule has 0 spiro atoms. The molecule has 0 bridgehead atoms. The Balaban J connectivity index is 1.02. The minimum absolute atomic E-state index is 0.878. The quantitative estimate of drug-likeness (QED) is 0.123. The first-order valence-electron chi connectivity index (χ1n) is 23.2. The predicted octanol–water partition coefficient (Wildman–Crippen LogP) is 16.0. The van der Waals surface area contributed by atoms with Gasteiger partial charge in [0.05, 0.1) is 11.4 Å². The van der Waals surface area contributed by atoms with Crippen molar-refractivity contribution in [3.05, 3.63) is 260 Å². The van der Waals surface area contributed by atoms with Gasteiger partial charge in [0.2, 0.25) is 0 Å². The van der Waals surface area contributed by atoms with Gasteiger partial charge < -0.3 is 4.57 Å². The molecule has 324 valence electrons. The topological polar surface area (TPSA) is 43.6 Å². The molecule has 4 heteroatoms. The van der Waals surface area contributed by atoms with E-state index in [1.807, 2.05) is 50.0 Å². The fourth-order valence-corrected chi connectivity index (χ4v) is 9.39. The van der Waals surface area contributed by atoms with E-state index in [-0.39, 0.29) is 0 Å². The molecule has 3 heterocycles. The number of rotatable bonds is 12. The van der Waals surface area contributed by atoms with Crippen molar-refractivity contribution in [2.24, 2.45) is 7.05 Å². The Labute approximate surface area is 398 Å². The minimum Gasteiger partial charge on any atom is -0.334 e. The first-order valence-corrected chi connectivity index (χ1v) is 23.2. The van der Waals surface area contributed by atoms with E-state index in [1.54, 1.807) is 0 Å². The Morgan fingerprint density at radius 1 is 0.294 bits per heavy atom. The lowest BCUT2D eigenvalue weighted by molar-refractivity contribution is 0.923.